The van der Waals surface area contributed by atoms with Gasteiger partial charge in [0.15, 0.2) is 6.29 Å². The molecule has 0 aromatic heterocycles. The number of rotatable bonds is 51. The van der Waals surface area contributed by atoms with E-state index in [1.165, 1.54) is 128 Å². The van der Waals surface area contributed by atoms with Crippen molar-refractivity contribution in [1.29, 1.82) is 0 Å². The van der Waals surface area contributed by atoms with Gasteiger partial charge in [-0.2, -0.15) is 8.42 Å². The molecule has 1 saturated heterocycles. The Hall–Kier alpha value is -2.20. The van der Waals surface area contributed by atoms with Crippen molar-refractivity contribution in [3.05, 3.63) is 60.8 Å². The second-order valence-corrected chi connectivity index (χ2v) is 20.9. The molecular formula is C59H106O12S. The monoisotopic (exact) mass is 1040 g/mol. The molecule has 13 heteroatoms. The van der Waals surface area contributed by atoms with E-state index < -0.39 is 59.8 Å². The molecule has 420 valence electrons. The van der Waals surface area contributed by atoms with Gasteiger partial charge in [-0.25, -0.2) is 4.18 Å². The van der Waals surface area contributed by atoms with Crippen LogP contribution in [-0.4, -0.2) is 97.5 Å². The van der Waals surface area contributed by atoms with Crippen molar-refractivity contribution in [3.8, 4) is 0 Å². The van der Waals surface area contributed by atoms with Gasteiger partial charge in [-0.15, -0.1) is 0 Å². The molecule has 0 radical (unpaired) electrons. The Morgan fingerprint density at radius 2 is 0.958 bits per heavy atom. The van der Waals surface area contributed by atoms with E-state index in [0.717, 1.165) is 89.9 Å². The van der Waals surface area contributed by atoms with E-state index in [0.29, 0.717) is 13.0 Å². The average molecular weight is 1040 g/mol. The highest BCUT2D eigenvalue weighted by Gasteiger charge is 2.48. The van der Waals surface area contributed by atoms with Crippen LogP contribution in [-0.2, 0) is 38.3 Å². The molecule has 0 spiro atoms. The number of hydrogen-bond acceptors (Lipinski definition) is 11. The van der Waals surface area contributed by atoms with Crippen LogP contribution in [0, 0.1) is 0 Å². The van der Waals surface area contributed by atoms with E-state index in [2.05, 4.69) is 78.8 Å². The van der Waals surface area contributed by atoms with Gasteiger partial charge >= 0.3 is 16.4 Å². The molecule has 1 fully saturated rings. The van der Waals surface area contributed by atoms with Crippen molar-refractivity contribution in [2.45, 2.75) is 282 Å². The summed E-state index contributed by atoms with van der Waals surface area (Å²) in [4.78, 5) is 13.0. The molecule has 0 bridgehead atoms. The first-order valence-electron chi connectivity index (χ1n) is 29.0. The molecule has 6 atom stereocenters. The molecule has 1 rings (SSSR count). The Morgan fingerprint density at radius 3 is 1.40 bits per heavy atom. The van der Waals surface area contributed by atoms with Crippen LogP contribution in [0.3, 0.4) is 0 Å². The lowest BCUT2D eigenvalue weighted by atomic mass is 9.99. The zero-order valence-corrected chi connectivity index (χ0v) is 46.3. The van der Waals surface area contributed by atoms with Crippen molar-refractivity contribution in [2.75, 3.05) is 26.4 Å². The number of allylic oxidation sites excluding steroid dienone is 10. The Labute approximate surface area is 439 Å². The first-order chi connectivity index (χ1) is 35.1. The highest BCUT2D eigenvalue weighted by atomic mass is 32.3. The van der Waals surface area contributed by atoms with Gasteiger partial charge in [-0.3, -0.25) is 9.35 Å². The van der Waals surface area contributed by atoms with Gasteiger partial charge in [0.25, 0.3) is 0 Å². The van der Waals surface area contributed by atoms with Crippen molar-refractivity contribution in [1.82, 2.24) is 0 Å². The summed E-state index contributed by atoms with van der Waals surface area (Å²) in [5, 5.41) is 30.8. The molecule has 72 heavy (non-hydrogen) atoms. The SMILES string of the molecule is CC/C=C\C/C=C\C/C=C\C/C=C\C/C=C\CCCCCCCCOCC(COC1OC(CO)C(O)C(OS(=O)(=O)O)C1O)OC(=O)CCCCCCCCCCCCCCCCCCCCCCCCC. The Balaban J connectivity index is 2.31. The molecule has 0 aromatic carbocycles. The van der Waals surface area contributed by atoms with E-state index in [9.17, 15) is 33.1 Å². The molecular weight excluding hydrogens is 933 g/mol. The van der Waals surface area contributed by atoms with Crippen molar-refractivity contribution >= 4 is 16.4 Å². The maximum Gasteiger partial charge on any atom is 0.397 e. The molecule has 1 aliphatic heterocycles. The van der Waals surface area contributed by atoms with Gasteiger partial charge in [-0.1, -0.05) is 242 Å². The minimum atomic E-state index is -5.07. The Bertz CT molecular complexity index is 1480. The fraction of sp³-hybridized carbons (Fsp3) is 0.814. The summed E-state index contributed by atoms with van der Waals surface area (Å²) < 4.78 is 59.4. The highest BCUT2D eigenvalue weighted by molar-refractivity contribution is 7.80. The van der Waals surface area contributed by atoms with Gasteiger partial charge in [0.2, 0.25) is 0 Å². The van der Waals surface area contributed by atoms with Crippen LogP contribution in [0.1, 0.15) is 245 Å². The van der Waals surface area contributed by atoms with Crippen molar-refractivity contribution in [3.63, 3.8) is 0 Å². The summed E-state index contributed by atoms with van der Waals surface area (Å²) in [5.41, 5.74) is 0. The molecule has 0 amide bonds. The van der Waals surface area contributed by atoms with Gasteiger partial charge in [0, 0.05) is 13.0 Å². The molecule has 1 aliphatic rings. The number of hydrogen-bond donors (Lipinski definition) is 4. The highest BCUT2D eigenvalue weighted by Crippen LogP contribution is 2.26. The van der Waals surface area contributed by atoms with Crippen LogP contribution in [0.4, 0.5) is 0 Å². The van der Waals surface area contributed by atoms with Gasteiger partial charge in [0.05, 0.1) is 19.8 Å². The number of unbranched alkanes of at least 4 members (excludes halogenated alkanes) is 28. The van der Waals surface area contributed by atoms with E-state index in [1.54, 1.807) is 0 Å². The van der Waals surface area contributed by atoms with Crippen LogP contribution in [0.5, 0.6) is 0 Å². The van der Waals surface area contributed by atoms with E-state index >= 15 is 0 Å². The summed E-state index contributed by atoms with van der Waals surface area (Å²) in [6.07, 6.45) is 55.4. The van der Waals surface area contributed by atoms with Crippen LogP contribution in [0.25, 0.3) is 0 Å². The van der Waals surface area contributed by atoms with Crippen LogP contribution in [0.15, 0.2) is 60.8 Å². The van der Waals surface area contributed by atoms with Gasteiger partial charge < -0.3 is 34.3 Å². The minimum absolute atomic E-state index is 0.0260. The average Bonchev–Trinajstić information content (AvgIpc) is 3.36. The Kier molecular flexibility index (Phi) is 46.8. The molecule has 4 N–H and O–H groups in total. The van der Waals surface area contributed by atoms with Crippen LogP contribution in [0.2, 0.25) is 0 Å². The third kappa shape index (κ3) is 42.1. The van der Waals surface area contributed by atoms with E-state index in [1.807, 2.05) is 0 Å². The first kappa shape index (κ1) is 67.8. The summed E-state index contributed by atoms with van der Waals surface area (Å²) in [6, 6.07) is 0. The molecule has 0 aromatic rings. The standard InChI is InChI=1S/C59H106O12S/c1-3-5-7-9-11-13-15-17-19-21-23-25-27-28-30-32-34-36-38-40-42-44-46-48-55(61)69-53(52-68-59-57(63)58(71-72(64,65)66)56(62)54(50-60)70-59)51-67-49-47-45-43-41-39-37-35-33-31-29-26-24-22-20-18-16-14-12-10-8-6-4-2/h6,8,12,14,18,20,24,26,31,33,53-54,56-60,62-63H,3-5,7,9-11,13,15-17,19,21-23,25,27-30,32,34-52H2,1-2H3,(H,64,65,66)/b8-6-,14-12-,20-18-,26-24-,33-31-. The second-order valence-electron chi connectivity index (χ2n) is 19.9. The smallest absolute Gasteiger partial charge is 0.397 e. The zero-order valence-electron chi connectivity index (χ0n) is 45.5. The number of esters is 1. The maximum atomic E-state index is 13.0. The fourth-order valence-electron chi connectivity index (χ4n) is 8.82. The van der Waals surface area contributed by atoms with Crippen molar-refractivity contribution in [2.24, 2.45) is 0 Å². The third-order valence-electron chi connectivity index (χ3n) is 13.2. The largest absolute Gasteiger partial charge is 0.457 e. The molecule has 12 nitrogen and oxygen atoms in total. The van der Waals surface area contributed by atoms with Crippen LogP contribution < -0.4 is 0 Å². The number of carbonyl (C=O) groups is 1. The normalized spacial score (nSPS) is 19.3. The summed E-state index contributed by atoms with van der Waals surface area (Å²) in [7, 11) is -5.07. The van der Waals surface area contributed by atoms with E-state index in [-0.39, 0.29) is 19.6 Å². The molecule has 0 aliphatic carbocycles. The third-order valence-corrected chi connectivity index (χ3v) is 13.6. The quantitative estimate of drug-likeness (QED) is 0.0196. The topological polar surface area (TPSA) is 178 Å². The predicted octanol–water partition coefficient (Wildman–Crippen LogP) is 14.4. The number of aliphatic hydroxyl groups is 3. The lowest BCUT2D eigenvalue weighted by Gasteiger charge is -2.41. The maximum absolute atomic E-state index is 13.0. The summed E-state index contributed by atoms with van der Waals surface area (Å²) in [6.45, 7) is 3.88. The summed E-state index contributed by atoms with van der Waals surface area (Å²) in [5.74, 6) is -0.401. The van der Waals surface area contributed by atoms with E-state index in [4.69, 9.17) is 18.9 Å². The van der Waals surface area contributed by atoms with Crippen molar-refractivity contribution < 1.29 is 56.2 Å². The number of ether oxygens (including phenoxy) is 4. The lowest BCUT2D eigenvalue weighted by molar-refractivity contribution is -0.301. The zero-order chi connectivity index (χ0) is 52.4. The number of aliphatic hydroxyl groups excluding tert-OH is 3. The second kappa shape index (κ2) is 49.7. The number of carbonyl (C=O) groups excluding carboxylic acids is 1. The molecule has 6 unspecified atom stereocenters. The Morgan fingerprint density at radius 1 is 0.542 bits per heavy atom. The van der Waals surface area contributed by atoms with Gasteiger partial charge in [-0.05, 0) is 57.8 Å². The first-order valence-corrected chi connectivity index (χ1v) is 30.4. The molecule has 0 saturated carbocycles. The summed E-state index contributed by atoms with van der Waals surface area (Å²) >= 11 is 0. The fourth-order valence-corrected chi connectivity index (χ4v) is 9.33. The predicted molar refractivity (Wildman–Crippen MR) is 294 cm³/mol. The minimum Gasteiger partial charge on any atom is -0.457 e. The molecule has 1 heterocycles. The van der Waals surface area contributed by atoms with Crippen LogP contribution >= 0.6 is 0 Å². The lowest BCUT2D eigenvalue weighted by Crippen LogP contribution is -2.60. The van der Waals surface area contributed by atoms with Gasteiger partial charge in [0.1, 0.15) is 30.5 Å².